The third-order valence-electron chi connectivity index (χ3n) is 2.25. The Morgan fingerprint density at radius 2 is 2.00 bits per heavy atom. The van der Waals surface area contributed by atoms with Gasteiger partial charge in [-0.25, -0.2) is 13.2 Å². The molecule has 1 heterocycles. The predicted octanol–water partition coefficient (Wildman–Crippen LogP) is -0.0208. The van der Waals surface area contributed by atoms with E-state index in [1.165, 1.54) is 4.90 Å². The first-order chi connectivity index (χ1) is 7.59. The van der Waals surface area contributed by atoms with E-state index in [0.717, 1.165) is 0 Å². The van der Waals surface area contributed by atoms with Gasteiger partial charge in [-0.05, 0) is 20.8 Å². The zero-order valence-electron chi connectivity index (χ0n) is 10.5. The van der Waals surface area contributed by atoms with Crippen LogP contribution in [0, 0.1) is 0 Å². The van der Waals surface area contributed by atoms with Crippen LogP contribution in [0.2, 0.25) is 0 Å². The van der Waals surface area contributed by atoms with Gasteiger partial charge in [0.15, 0.2) is 9.84 Å². The summed E-state index contributed by atoms with van der Waals surface area (Å²) >= 11 is 0. The largest absolute Gasteiger partial charge is 0.444 e. The SMILES string of the molecule is CC(C)(C)OC(=O)N1CCS(=O)(=O)C[C@H](N)C1. The summed E-state index contributed by atoms with van der Waals surface area (Å²) in [6, 6.07) is -0.546. The van der Waals surface area contributed by atoms with E-state index in [2.05, 4.69) is 0 Å². The van der Waals surface area contributed by atoms with Crippen LogP contribution in [0.4, 0.5) is 4.79 Å². The molecule has 6 nitrogen and oxygen atoms in total. The minimum Gasteiger partial charge on any atom is -0.444 e. The lowest BCUT2D eigenvalue weighted by molar-refractivity contribution is 0.0257. The van der Waals surface area contributed by atoms with E-state index in [9.17, 15) is 13.2 Å². The van der Waals surface area contributed by atoms with Crippen LogP contribution >= 0.6 is 0 Å². The monoisotopic (exact) mass is 264 g/mol. The first-order valence-electron chi connectivity index (χ1n) is 5.53. The molecule has 1 saturated heterocycles. The molecule has 1 aliphatic heterocycles. The quantitative estimate of drug-likeness (QED) is 0.664. The molecule has 17 heavy (non-hydrogen) atoms. The van der Waals surface area contributed by atoms with Gasteiger partial charge in [0, 0.05) is 19.1 Å². The third kappa shape index (κ3) is 4.91. The minimum absolute atomic E-state index is 0.0556. The fraction of sp³-hybridized carbons (Fsp3) is 0.900. The smallest absolute Gasteiger partial charge is 0.410 e. The van der Waals surface area contributed by atoms with Crippen molar-refractivity contribution in [3.8, 4) is 0 Å². The van der Waals surface area contributed by atoms with Crippen LogP contribution in [0.25, 0.3) is 0 Å². The summed E-state index contributed by atoms with van der Waals surface area (Å²) in [5, 5.41) is 0. The molecule has 0 unspecified atom stereocenters. The molecule has 0 saturated carbocycles. The summed E-state index contributed by atoms with van der Waals surface area (Å²) in [7, 11) is -3.15. The number of sulfone groups is 1. The molecule has 1 fully saturated rings. The van der Waals surface area contributed by atoms with Gasteiger partial charge in [-0.1, -0.05) is 0 Å². The highest BCUT2D eigenvalue weighted by atomic mass is 32.2. The number of nitrogens with two attached hydrogens (primary N) is 1. The molecule has 0 bridgehead atoms. The second kappa shape index (κ2) is 4.81. The van der Waals surface area contributed by atoms with Crippen molar-refractivity contribution >= 4 is 15.9 Å². The molecule has 0 aliphatic carbocycles. The maximum Gasteiger partial charge on any atom is 0.410 e. The van der Waals surface area contributed by atoms with Crippen molar-refractivity contribution in [2.45, 2.75) is 32.4 Å². The zero-order chi connectivity index (χ0) is 13.3. The number of hydrogen-bond donors (Lipinski definition) is 1. The van der Waals surface area contributed by atoms with E-state index in [0.29, 0.717) is 0 Å². The number of nitrogens with zero attached hydrogens (tertiary/aromatic N) is 1. The summed E-state index contributed by atoms with van der Waals surface area (Å²) in [5.41, 5.74) is 5.08. The zero-order valence-corrected chi connectivity index (χ0v) is 11.3. The van der Waals surface area contributed by atoms with Gasteiger partial charge >= 0.3 is 6.09 Å². The van der Waals surface area contributed by atoms with E-state index < -0.39 is 27.6 Å². The van der Waals surface area contributed by atoms with E-state index in [1.807, 2.05) is 0 Å². The Hall–Kier alpha value is -0.820. The highest BCUT2D eigenvalue weighted by Crippen LogP contribution is 2.12. The molecule has 2 N–H and O–H groups in total. The van der Waals surface area contributed by atoms with E-state index >= 15 is 0 Å². The van der Waals surface area contributed by atoms with Crippen LogP contribution in [-0.4, -0.2) is 55.6 Å². The maximum absolute atomic E-state index is 11.8. The average Bonchev–Trinajstić information content (AvgIpc) is 2.20. The molecular formula is C10H20N2O4S. The third-order valence-corrected chi connectivity index (χ3v) is 3.99. The lowest BCUT2D eigenvalue weighted by Gasteiger charge is -2.27. The van der Waals surface area contributed by atoms with Crippen LogP contribution in [0.5, 0.6) is 0 Å². The van der Waals surface area contributed by atoms with E-state index in [1.54, 1.807) is 20.8 Å². The first-order valence-corrected chi connectivity index (χ1v) is 7.35. The van der Waals surface area contributed by atoms with Gasteiger partial charge in [0.25, 0.3) is 0 Å². The van der Waals surface area contributed by atoms with Crippen LogP contribution in [0.15, 0.2) is 0 Å². The highest BCUT2D eigenvalue weighted by Gasteiger charge is 2.29. The lowest BCUT2D eigenvalue weighted by atomic mass is 10.2. The van der Waals surface area contributed by atoms with Crippen LogP contribution in [0.1, 0.15) is 20.8 Å². The summed E-state index contributed by atoms with van der Waals surface area (Å²) in [6.45, 7) is 5.65. The van der Waals surface area contributed by atoms with Crippen molar-refractivity contribution in [2.75, 3.05) is 24.6 Å². The highest BCUT2D eigenvalue weighted by molar-refractivity contribution is 7.91. The summed E-state index contributed by atoms with van der Waals surface area (Å²) in [4.78, 5) is 13.1. The van der Waals surface area contributed by atoms with Crippen LogP contribution < -0.4 is 5.73 Å². The Kier molecular flexibility index (Phi) is 4.03. The molecular weight excluding hydrogens is 244 g/mol. The standard InChI is InChI=1S/C10H20N2O4S/c1-10(2,3)16-9(13)12-4-5-17(14,15)7-8(11)6-12/h8H,4-7,11H2,1-3H3/t8-/m1/s1. The summed E-state index contributed by atoms with van der Waals surface area (Å²) < 4.78 is 28.1. The van der Waals surface area contributed by atoms with Gasteiger partial charge in [-0.15, -0.1) is 0 Å². The number of hydrogen-bond acceptors (Lipinski definition) is 5. The number of carbonyl (C=O) groups is 1. The van der Waals surface area contributed by atoms with Crippen LogP contribution in [0.3, 0.4) is 0 Å². The molecule has 0 radical (unpaired) electrons. The predicted molar refractivity (Wildman–Crippen MR) is 64.4 cm³/mol. The molecule has 7 heteroatoms. The molecule has 1 rings (SSSR count). The van der Waals surface area contributed by atoms with Gasteiger partial charge in [-0.2, -0.15) is 0 Å². The maximum atomic E-state index is 11.8. The summed E-state index contributed by atoms with van der Waals surface area (Å²) in [5.74, 6) is -0.133. The lowest BCUT2D eigenvalue weighted by Crippen LogP contribution is -2.43. The van der Waals surface area contributed by atoms with Crippen molar-refractivity contribution in [3.05, 3.63) is 0 Å². The average molecular weight is 264 g/mol. The second-order valence-electron chi connectivity index (χ2n) is 5.30. The van der Waals surface area contributed by atoms with Gasteiger partial charge in [0.05, 0.1) is 11.5 Å². The Morgan fingerprint density at radius 3 is 2.53 bits per heavy atom. The summed E-state index contributed by atoms with van der Waals surface area (Å²) in [6.07, 6.45) is -0.509. The number of carbonyl (C=O) groups excluding carboxylic acids is 1. The molecule has 0 aromatic heterocycles. The Morgan fingerprint density at radius 1 is 1.41 bits per heavy atom. The van der Waals surface area contributed by atoms with Crippen molar-refractivity contribution < 1.29 is 17.9 Å². The number of rotatable bonds is 0. The normalized spacial score (nSPS) is 25.2. The Balaban J connectivity index is 2.70. The van der Waals surface area contributed by atoms with Gasteiger partial charge in [-0.3, -0.25) is 0 Å². The first kappa shape index (κ1) is 14.2. The molecule has 0 spiro atoms. The molecule has 1 amide bonds. The van der Waals surface area contributed by atoms with Crippen molar-refractivity contribution in [1.82, 2.24) is 4.90 Å². The Labute approximate surface area is 102 Å². The fourth-order valence-electron chi connectivity index (χ4n) is 1.58. The van der Waals surface area contributed by atoms with Crippen molar-refractivity contribution in [3.63, 3.8) is 0 Å². The van der Waals surface area contributed by atoms with Crippen LogP contribution in [-0.2, 0) is 14.6 Å². The number of amides is 1. The van der Waals surface area contributed by atoms with Gasteiger partial charge < -0.3 is 15.4 Å². The van der Waals surface area contributed by atoms with Crippen molar-refractivity contribution in [2.24, 2.45) is 5.73 Å². The topological polar surface area (TPSA) is 89.7 Å². The molecule has 100 valence electrons. The molecule has 1 atom stereocenters. The second-order valence-corrected chi connectivity index (χ2v) is 7.53. The molecule has 0 aromatic carbocycles. The molecule has 0 aromatic rings. The van der Waals surface area contributed by atoms with Gasteiger partial charge in [0.2, 0.25) is 0 Å². The number of ether oxygens (including phenoxy) is 1. The van der Waals surface area contributed by atoms with Crippen molar-refractivity contribution in [1.29, 1.82) is 0 Å². The Bertz CT molecular complexity index is 386. The van der Waals surface area contributed by atoms with Gasteiger partial charge in [0.1, 0.15) is 5.60 Å². The molecule has 1 aliphatic rings. The van der Waals surface area contributed by atoms with E-state index in [-0.39, 0.29) is 24.6 Å². The fourth-order valence-corrected chi connectivity index (χ4v) is 3.00. The van der Waals surface area contributed by atoms with E-state index in [4.69, 9.17) is 10.5 Å². The minimum atomic E-state index is -3.15.